The van der Waals surface area contributed by atoms with Crippen molar-refractivity contribution in [2.45, 2.75) is 6.04 Å². The number of rotatable bonds is 12. The number of amidine groups is 1. The molecule has 0 saturated carbocycles. The average molecular weight is 501 g/mol. The molecule has 0 saturated heterocycles. The van der Waals surface area contributed by atoms with Crippen LogP contribution in [0.2, 0.25) is 0 Å². The van der Waals surface area contributed by atoms with E-state index in [4.69, 9.17) is 20.6 Å². The number of hydrogen-bond acceptors (Lipinski definition) is 7. The standard InChI is InChI=1S/C27H28N6O4/c1-3-15-36-22-13-10-19(17-23(22)37-16-4-2)24(31-20-11-8-18(9-12-20)25(28)29)27(35)33-32-26(34)21-7-5-6-14-30-21/h3-14,17,24,31H,1-2,15-16H2,(H3,28,29)(H,32,34)(H,33,35). The lowest BCUT2D eigenvalue weighted by Crippen LogP contribution is -2.45. The summed E-state index contributed by atoms with van der Waals surface area (Å²) in [6.07, 6.45) is 4.68. The Labute approximate surface area is 214 Å². The van der Waals surface area contributed by atoms with E-state index in [2.05, 4.69) is 34.3 Å². The Morgan fingerprint density at radius 1 is 0.973 bits per heavy atom. The van der Waals surface area contributed by atoms with Gasteiger partial charge in [-0.1, -0.05) is 37.4 Å². The first-order valence-electron chi connectivity index (χ1n) is 11.3. The maximum absolute atomic E-state index is 13.3. The number of nitrogens with two attached hydrogens (primary N) is 1. The van der Waals surface area contributed by atoms with Crippen molar-refractivity contribution in [3.05, 3.63) is 109 Å². The van der Waals surface area contributed by atoms with Crippen LogP contribution < -0.4 is 31.4 Å². The molecule has 2 aromatic carbocycles. The molecule has 0 spiro atoms. The number of nitrogen functional groups attached to an aromatic ring is 1. The predicted molar refractivity (Wildman–Crippen MR) is 141 cm³/mol. The van der Waals surface area contributed by atoms with Crippen molar-refractivity contribution in [3.8, 4) is 11.5 Å². The molecule has 0 aliphatic carbocycles. The second-order valence-electron chi connectivity index (χ2n) is 7.63. The van der Waals surface area contributed by atoms with Crippen molar-refractivity contribution in [3.63, 3.8) is 0 Å². The third-order valence-corrected chi connectivity index (χ3v) is 4.98. The van der Waals surface area contributed by atoms with Crippen LogP contribution in [0.1, 0.15) is 27.7 Å². The van der Waals surface area contributed by atoms with Crippen molar-refractivity contribution in [2.24, 2.45) is 5.73 Å². The van der Waals surface area contributed by atoms with Gasteiger partial charge in [0, 0.05) is 17.4 Å². The molecular formula is C27H28N6O4. The highest BCUT2D eigenvalue weighted by molar-refractivity contribution is 5.96. The molecule has 6 N–H and O–H groups in total. The minimum atomic E-state index is -0.952. The lowest BCUT2D eigenvalue weighted by Gasteiger charge is -2.22. The number of ether oxygens (including phenoxy) is 2. The molecule has 3 rings (SSSR count). The van der Waals surface area contributed by atoms with E-state index in [1.54, 1.807) is 66.7 Å². The van der Waals surface area contributed by atoms with Crippen LogP contribution in [0.3, 0.4) is 0 Å². The highest BCUT2D eigenvalue weighted by Crippen LogP contribution is 2.32. The molecule has 1 aromatic heterocycles. The Morgan fingerprint density at radius 2 is 1.68 bits per heavy atom. The fraction of sp³-hybridized carbons (Fsp3) is 0.111. The van der Waals surface area contributed by atoms with Gasteiger partial charge in [-0.15, -0.1) is 0 Å². The summed E-state index contributed by atoms with van der Waals surface area (Å²) in [5.74, 6) is -0.310. The lowest BCUT2D eigenvalue weighted by molar-refractivity contribution is -0.122. The van der Waals surface area contributed by atoms with Gasteiger partial charge in [0.2, 0.25) is 0 Å². The van der Waals surface area contributed by atoms with E-state index in [9.17, 15) is 9.59 Å². The van der Waals surface area contributed by atoms with Gasteiger partial charge in [-0.25, -0.2) is 0 Å². The van der Waals surface area contributed by atoms with Crippen LogP contribution in [0.4, 0.5) is 5.69 Å². The molecule has 1 unspecified atom stereocenters. The Hall–Kier alpha value is -5.12. The number of benzene rings is 2. The minimum absolute atomic E-state index is 0.0720. The number of pyridine rings is 1. The fourth-order valence-electron chi connectivity index (χ4n) is 3.20. The average Bonchev–Trinajstić information content (AvgIpc) is 2.93. The maximum Gasteiger partial charge on any atom is 0.288 e. The first-order valence-corrected chi connectivity index (χ1v) is 11.3. The Bertz CT molecular complexity index is 1260. The van der Waals surface area contributed by atoms with Gasteiger partial charge in [0.1, 0.15) is 30.8 Å². The SMILES string of the molecule is C=CCOc1ccc(C(Nc2ccc(C(=N)N)cc2)C(=O)NNC(=O)c2ccccn2)cc1OCC=C. The van der Waals surface area contributed by atoms with Gasteiger partial charge in [-0.05, 0) is 54.1 Å². The molecule has 1 heterocycles. The lowest BCUT2D eigenvalue weighted by atomic mass is 10.0. The van der Waals surface area contributed by atoms with Crippen LogP contribution in [0.5, 0.6) is 11.5 Å². The van der Waals surface area contributed by atoms with Gasteiger partial charge in [-0.2, -0.15) is 0 Å². The number of carbonyl (C=O) groups excluding carboxylic acids is 2. The zero-order valence-corrected chi connectivity index (χ0v) is 20.1. The van der Waals surface area contributed by atoms with Crippen LogP contribution in [-0.2, 0) is 4.79 Å². The molecule has 10 heteroatoms. The summed E-state index contributed by atoms with van der Waals surface area (Å²) in [5.41, 5.74) is 12.2. The van der Waals surface area contributed by atoms with Crippen LogP contribution in [-0.4, -0.2) is 35.8 Å². The van der Waals surface area contributed by atoms with Gasteiger partial charge in [-0.3, -0.25) is 30.8 Å². The van der Waals surface area contributed by atoms with E-state index in [0.717, 1.165) is 0 Å². The molecule has 0 radical (unpaired) electrons. The number of hydrazine groups is 1. The number of nitrogens with one attached hydrogen (secondary N) is 4. The number of hydrogen-bond donors (Lipinski definition) is 5. The van der Waals surface area contributed by atoms with E-state index in [1.165, 1.54) is 12.3 Å². The summed E-state index contributed by atoms with van der Waals surface area (Å²) in [7, 11) is 0. The van der Waals surface area contributed by atoms with Crippen molar-refractivity contribution < 1.29 is 19.1 Å². The molecule has 0 fully saturated rings. The molecule has 0 bridgehead atoms. The van der Waals surface area contributed by atoms with Gasteiger partial charge in [0.15, 0.2) is 11.5 Å². The zero-order valence-electron chi connectivity index (χ0n) is 20.1. The molecule has 0 aliphatic heterocycles. The number of aromatic nitrogens is 1. The summed E-state index contributed by atoms with van der Waals surface area (Å²) in [5, 5.41) is 10.7. The van der Waals surface area contributed by atoms with E-state index in [0.29, 0.717) is 28.3 Å². The third-order valence-electron chi connectivity index (χ3n) is 4.98. The van der Waals surface area contributed by atoms with Crippen LogP contribution >= 0.6 is 0 Å². The Kier molecular flexibility index (Phi) is 9.38. The van der Waals surface area contributed by atoms with Gasteiger partial charge < -0.3 is 20.5 Å². The van der Waals surface area contributed by atoms with Crippen molar-refractivity contribution in [1.29, 1.82) is 5.41 Å². The third kappa shape index (κ3) is 7.43. The second kappa shape index (κ2) is 13.1. The van der Waals surface area contributed by atoms with Crippen molar-refractivity contribution >= 4 is 23.3 Å². The second-order valence-corrected chi connectivity index (χ2v) is 7.63. The molecule has 0 aliphatic rings. The van der Waals surface area contributed by atoms with Crippen molar-refractivity contribution in [2.75, 3.05) is 18.5 Å². The van der Waals surface area contributed by atoms with Crippen LogP contribution in [0.15, 0.2) is 92.2 Å². The zero-order chi connectivity index (χ0) is 26.6. The summed E-state index contributed by atoms with van der Waals surface area (Å²) in [6, 6.07) is 15.7. The van der Waals surface area contributed by atoms with Gasteiger partial charge >= 0.3 is 0 Å². The highest BCUT2D eigenvalue weighted by Gasteiger charge is 2.23. The highest BCUT2D eigenvalue weighted by atomic mass is 16.5. The summed E-state index contributed by atoms with van der Waals surface area (Å²) >= 11 is 0. The normalized spacial score (nSPS) is 10.9. The maximum atomic E-state index is 13.3. The van der Waals surface area contributed by atoms with Gasteiger partial charge in [0.25, 0.3) is 11.8 Å². The van der Waals surface area contributed by atoms with Gasteiger partial charge in [0.05, 0.1) is 0 Å². The molecule has 37 heavy (non-hydrogen) atoms. The molecule has 190 valence electrons. The topological polar surface area (TPSA) is 151 Å². The summed E-state index contributed by atoms with van der Waals surface area (Å²) < 4.78 is 11.4. The largest absolute Gasteiger partial charge is 0.486 e. The quantitative estimate of drug-likeness (QED) is 0.111. The summed E-state index contributed by atoms with van der Waals surface area (Å²) in [6.45, 7) is 7.82. The first kappa shape index (κ1) is 26.5. The molecule has 10 nitrogen and oxygen atoms in total. The summed E-state index contributed by atoms with van der Waals surface area (Å²) in [4.78, 5) is 29.6. The van der Waals surface area contributed by atoms with Crippen LogP contribution in [0, 0.1) is 5.41 Å². The number of carbonyl (C=O) groups is 2. The van der Waals surface area contributed by atoms with Crippen molar-refractivity contribution in [1.82, 2.24) is 15.8 Å². The molecule has 3 aromatic rings. The van der Waals surface area contributed by atoms with E-state index in [-0.39, 0.29) is 24.7 Å². The number of anilines is 1. The first-order chi connectivity index (χ1) is 17.9. The van der Waals surface area contributed by atoms with E-state index in [1.807, 2.05) is 0 Å². The molecule has 1 atom stereocenters. The predicted octanol–water partition coefficient (Wildman–Crippen LogP) is 3.11. The van der Waals surface area contributed by atoms with Crippen LogP contribution in [0.25, 0.3) is 0 Å². The number of nitrogens with zero attached hydrogens (tertiary/aromatic N) is 1. The Balaban J connectivity index is 1.89. The monoisotopic (exact) mass is 500 g/mol. The number of amides is 2. The molecular weight excluding hydrogens is 472 g/mol. The van der Waals surface area contributed by atoms with E-state index >= 15 is 0 Å². The minimum Gasteiger partial charge on any atom is -0.486 e. The smallest absolute Gasteiger partial charge is 0.288 e. The Morgan fingerprint density at radius 3 is 2.30 bits per heavy atom. The molecule has 2 amide bonds. The fourth-order valence-corrected chi connectivity index (χ4v) is 3.20. The van der Waals surface area contributed by atoms with E-state index < -0.39 is 17.9 Å².